The van der Waals surface area contributed by atoms with E-state index in [0.717, 1.165) is 5.69 Å². The van der Waals surface area contributed by atoms with Gasteiger partial charge in [-0.1, -0.05) is 29.8 Å². The molecule has 0 saturated heterocycles. The summed E-state index contributed by atoms with van der Waals surface area (Å²) in [4.78, 5) is 29.0. The molecule has 0 amide bonds. The van der Waals surface area contributed by atoms with Gasteiger partial charge in [0.1, 0.15) is 0 Å². The summed E-state index contributed by atoms with van der Waals surface area (Å²) in [6, 6.07) is 8.29. The van der Waals surface area contributed by atoms with Gasteiger partial charge in [0.2, 0.25) is 0 Å². The van der Waals surface area contributed by atoms with Crippen LogP contribution >= 0.6 is 0 Å². The van der Waals surface area contributed by atoms with Crippen LogP contribution in [0, 0.1) is 13.8 Å². The van der Waals surface area contributed by atoms with Crippen LogP contribution in [0.2, 0.25) is 0 Å². The second-order valence-electron chi connectivity index (χ2n) is 6.81. The van der Waals surface area contributed by atoms with E-state index in [2.05, 4.69) is 35.2 Å². The minimum Gasteiger partial charge on any atom is -0.294 e. The zero-order chi connectivity index (χ0) is 17.7. The van der Waals surface area contributed by atoms with Gasteiger partial charge < -0.3 is 0 Å². The van der Waals surface area contributed by atoms with Crippen molar-refractivity contribution in [3.63, 3.8) is 0 Å². The van der Waals surface area contributed by atoms with Crippen molar-refractivity contribution >= 4 is 17.2 Å². The number of hydrogen-bond acceptors (Lipinski definition) is 4. The summed E-state index contributed by atoms with van der Waals surface area (Å²) in [5.74, 6) is 0.146. The Hall–Kier alpha value is -2.82. The van der Waals surface area contributed by atoms with E-state index in [0.29, 0.717) is 35.3 Å². The molecule has 0 N–H and O–H groups in total. The first-order chi connectivity index (χ1) is 12.0. The van der Waals surface area contributed by atoms with E-state index in [9.17, 15) is 9.59 Å². The Morgan fingerprint density at radius 3 is 2.76 bits per heavy atom. The van der Waals surface area contributed by atoms with E-state index in [-0.39, 0.29) is 17.5 Å². The second kappa shape index (κ2) is 5.62. The third-order valence-electron chi connectivity index (χ3n) is 4.96. The monoisotopic (exact) mass is 333 g/mol. The Labute approximate surface area is 145 Å². The van der Waals surface area contributed by atoms with Gasteiger partial charge in [0.25, 0.3) is 0 Å². The van der Waals surface area contributed by atoms with Gasteiger partial charge in [0, 0.05) is 12.6 Å². The first-order valence-corrected chi connectivity index (χ1v) is 8.43. The predicted octanol–water partition coefficient (Wildman–Crippen LogP) is 3.46. The zero-order valence-corrected chi connectivity index (χ0v) is 14.5. The summed E-state index contributed by atoms with van der Waals surface area (Å²) in [6.45, 7) is 5.38. The lowest BCUT2D eigenvalue weighted by Crippen LogP contribution is -2.22. The number of Topliss-reactive ketones (excluding diaryl/α,β-unsaturated/α-hetero) is 2. The molecule has 0 radical (unpaired) electrons. The Balaban J connectivity index is 1.88. The van der Waals surface area contributed by atoms with E-state index in [1.807, 2.05) is 6.07 Å². The van der Waals surface area contributed by atoms with E-state index in [4.69, 9.17) is 0 Å². The number of carbonyl (C=O) groups excluding carboxylic acids is 2. The maximum atomic E-state index is 12.7. The lowest BCUT2D eigenvalue weighted by Gasteiger charge is -2.24. The highest BCUT2D eigenvalue weighted by atomic mass is 16.1. The first kappa shape index (κ1) is 15.7. The fourth-order valence-corrected chi connectivity index (χ4v) is 3.78. The Morgan fingerprint density at radius 2 is 2.04 bits per heavy atom. The zero-order valence-electron chi connectivity index (χ0n) is 14.5. The molecule has 0 bridgehead atoms. The summed E-state index contributed by atoms with van der Waals surface area (Å²) in [6.07, 6.45) is 2.79. The van der Waals surface area contributed by atoms with Crippen LogP contribution in [0.3, 0.4) is 0 Å². The third kappa shape index (κ3) is 2.47. The van der Waals surface area contributed by atoms with Crippen LogP contribution < -0.4 is 0 Å². The fraction of sp³-hybridized carbons (Fsp3) is 0.300. The van der Waals surface area contributed by atoms with Crippen LogP contribution in [0.25, 0.3) is 5.65 Å². The maximum absolute atomic E-state index is 12.7. The molecule has 1 aliphatic rings. The summed E-state index contributed by atoms with van der Waals surface area (Å²) in [7, 11) is 0. The van der Waals surface area contributed by atoms with Crippen molar-refractivity contribution in [1.29, 1.82) is 0 Å². The van der Waals surface area contributed by atoms with Crippen LogP contribution in [-0.4, -0.2) is 26.2 Å². The van der Waals surface area contributed by atoms with Crippen LogP contribution in [0.15, 0.2) is 30.5 Å². The van der Waals surface area contributed by atoms with Crippen molar-refractivity contribution < 1.29 is 9.59 Å². The molecule has 0 spiro atoms. The molecular weight excluding hydrogens is 314 g/mol. The number of hydrogen-bond donors (Lipinski definition) is 0. The Bertz CT molecular complexity index is 1030. The summed E-state index contributed by atoms with van der Waals surface area (Å²) >= 11 is 0. The predicted molar refractivity (Wildman–Crippen MR) is 94.3 cm³/mol. The average molecular weight is 333 g/mol. The lowest BCUT2D eigenvalue weighted by molar-refractivity contribution is 0.0961. The Morgan fingerprint density at radius 1 is 1.24 bits per heavy atom. The molecule has 0 fully saturated rings. The first-order valence-electron chi connectivity index (χ1n) is 8.43. The fourth-order valence-electron chi connectivity index (χ4n) is 3.78. The van der Waals surface area contributed by atoms with Crippen molar-refractivity contribution in [2.75, 3.05) is 0 Å². The minimum atomic E-state index is -0.0580. The molecule has 1 aromatic carbocycles. The average Bonchev–Trinajstić information content (AvgIpc) is 2.91. The van der Waals surface area contributed by atoms with E-state index in [1.54, 1.807) is 17.6 Å². The number of nitrogens with zero attached hydrogens (tertiary/aromatic N) is 3. The van der Waals surface area contributed by atoms with Crippen LogP contribution in [0.5, 0.6) is 0 Å². The topological polar surface area (TPSA) is 64.3 Å². The van der Waals surface area contributed by atoms with Gasteiger partial charge in [-0.25, -0.2) is 9.50 Å². The number of carbonyl (C=O) groups is 2. The van der Waals surface area contributed by atoms with Gasteiger partial charge in [0.05, 0.1) is 22.5 Å². The molecule has 5 heteroatoms. The molecule has 126 valence electrons. The molecule has 2 heterocycles. The van der Waals surface area contributed by atoms with Crippen LogP contribution in [0.4, 0.5) is 0 Å². The summed E-state index contributed by atoms with van der Waals surface area (Å²) in [5, 5.41) is 4.51. The minimum absolute atomic E-state index is 0.0580. The van der Waals surface area contributed by atoms with Crippen molar-refractivity contribution in [1.82, 2.24) is 14.6 Å². The molecule has 1 aliphatic carbocycles. The molecule has 25 heavy (non-hydrogen) atoms. The molecule has 1 unspecified atom stereocenters. The quantitative estimate of drug-likeness (QED) is 0.674. The highest BCUT2D eigenvalue weighted by molar-refractivity contribution is 6.02. The summed E-state index contributed by atoms with van der Waals surface area (Å²) < 4.78 is 1.70. The Kier molecular flexibility index (Phi) is 3.53. The molecule has 3 aromatic rings. The molecular formula is C20H19N3O2. The van der Waals surface area contributed by atoms with Crippen molar-refractivity contribution in [2.24, 2.45) is 0 Å². The van der Waals surface area contributed by atoms with Gasteiger partial charge in [-0.15, -0.1) is 0 Å². The van der Waals surface area contributed by atoms with Gasteiger partial charge in [-0.2, -0.15) is 5.10 Å². The number of fused-ring (bicyclic) bond motifs is 3. The highest BCUT2D eigenvalue weighted by Crippen LogP contribution is 2.33. The SMILES string of the molecule is CC(=O)c1c(C)nn2c3c(cnc12)C(=O)CC(c1cccc(C)c1)C3. The standard InChI is InChI=1S/C20H19N3O2/c1-11-5-4-6-14(7-11)15-8-17-16(18(25)9-15)10-21-20-19(13(3)24)12(2)22-23(17)20/h4-7,10,15H,8-9H2,1-3H3. The molecule has 0 saturated carbocycles. The summed E-state index contributed by atoms with van der Waals surface area (Å²) in [5.41, 5.74) is 5.55. The van der Waals surface area contributed by atoms with Crippen molar-refractivity contribution in [3.8, 4) is 0 Å². The largest absolute Gasteiger partial charge is 0.294 e. The van der Waals surface area contributed by atoms with Gasteiger partial charge >= 0.3 is 0 Å². The van der Waals surface area contributed by atoms with Gasteiger partial charge in [-0.3, -0.25) is 9.59 Å². The number of aryl methyl sites for hydroxylation is 2. The number of benzene rings is 1. The number of aromatic nitrogens is 3. The molecule has 0 aliphatic heterocycles. The number of ketones is 2. The molecule has 5 nitrogen and oxygen atoms in total. The smallest absolute Gasteiger partial charge is 0.166 e. The second-order valence-corrected chi connectivity index (χ2v) is 6.81. The molecule has 1 atom stereocenters. The maximum Gasteiger partial charge on any atom is 0.166 e. The van der Waals surface area contributed by atoms with Gasteiger partial charge in [-0.05, 0) is 38.7 Å². The van der Waals surface area contributed by atoms with Gasteiger partial charge in [0.15, 0.2) is 17.2 Å². The lowest BCUT2D eigenvalue weighted by atomic mass is 9.82. The van der Waals surface area contributed by atoms with E-state index < -0.39 is 0 Å². The molecule has 2 aromatic heterocycles. The normalized spacial score (nSPS) is 16.9. The van der Waals surface area contributed by atoms with Crippen LogP contribution in [0.1, 0.15) is 62.5 Å². The van der Waals surface area contributed by atoms with Crippen molar-refractivity contribution in [3.05, 3.63) is 64.1 Å². The van der Waals surface area contributed by atoms with Crippen LogP contribution in [-0.2, 0) is 6.42 Å². The highest BCUT2D eigenvalue weighted by Gasteiger charge is 2.30. The number of rotatable bonds is 2. The third-order valence-corrected chi connectivity index (χ3v) is 4.96. The van der Waals surface area contributed by atoms with Crippen molar-refractivity contribution in [2.45, 2.75) is 39.5 Å². The van der Waals surface area contributed by atoms with E-state index in [1.165, 1.54) is 18.1 Å². The molecule has 4 rings (SSSR count). The van der Waals surface area contributed by atoms with E-state index >= 15 is 0 Å².